The fraction of sp³-hybridized carbons (Fsp3) is 0.235. The standard InChI is InChI=1S/C17H19ClN2O/c1-12-9-10-14(11-15(12)18)19-17(21)16(20(2)3)13-7-5-4-6-8-13/h4-11,16H,1-3H3,(H,19,21)/p+1/t16-/m1/s1. The Bertz CT molecular complexity index is 626. The average Bonchev–Trinajstić information content (AvgIpc) is 2.44. The SMILES string of the molecule is Cc1ccc(NC(=O)[C@@H](c2ccccc2)[NH+](C)C)cc1Cl. The monoisotopic (exact) mass is 303 g/mol. The van der Waals surface area contributed by atoms with Crippen molar-refractivity contribution in [1.29, 1.82) is 0 Å². The molecule has 0 heterocycles. The molecule has 0 radical (unpaired) electrons. The second-order valence-electron chi connectivity index (χ2n) is 5.37. The maximum atomic E-state index is 12.6. The van der Waals surface area contributed by atoms with E-state index >= 15 is 0 Å². The van der Waals surface area contributed by atoms with Crippen molar-refractivity contribution in [2.45, 2.75) is 13.0 Å². The molecule has 2 aromatic rings. The lowest BCUT2D eigenvalue weighted by Gasteiger charge is -2.21. The van der Waals surface area contributed by atoms with Crippen molar-refractivity contribution in [1.82, 2.24) is 0 Å². The van der Waals surface area contributed by atoms with Gasteiger partial charge in [0, 0.05) is 16.3 Å². The highest BCUT2D eigenvalue weighted by molar-refractivity contribution is 6.31. The molecule has 0 aliphatic carbocycles. The van der Waals surface area contributed by atoms with Gasteiger partial charge in [-0.3, -0.25) is 4.79 Å². The summed E-state index contributed by atoms with van der Waals surface area (Å²) in [5.74, 6) is -0.0406. The van der Waals surface area contributed by atoms with E-state index in [9.17, 15) is 4.79 Å². The first-order valence-corrected chi connectivity index (χ1v) is 7.29. The van der Waals surface area contributed by atoms with E-state index in [0.29, 0.717) is 5.02 Å². The van der Waals surface area contributed by atoms with Crippen molar-refractivity contribution in [3.63, 3.8) is 0 Å². The first-order valence-electron chi connectivity index (χ1n) is 6.91. The number of anilines is 1. The lowest BCUT2D eigenvalue weighted by atomic mass is 10.1. The highest BCUT2D eigenvalue weighted by Crippen LogP contribution is 2.21. The van der Waals surface area contributed by atoms with E-state index in [1.54, 1.807) is 6.07 Å². The Labute approximate surface area is 130 Å². The lowest BCUT2D eigenvalue weighted by molar-refractivity contribution is -0.881. The summed E-state index contributed by atoms with van der Waals surface area (Å²) in [4.78, 5) is 13.6. The van der Waals surface area contributed by atoms with Crippen LogP contribution in [0.3, 0.4) is 0 Å². The number of quaternary nitrogens is 1. The molecule has 0 saturated carbocycles. The van der Waals surface area contributed by atoms with Gasteiger partial charge < -0.3 is 10.2 Å². The topological polar surface area (TPSA) is 33.5 Å². The maximum absolute atomic E-state index is 12.6. The van der Waals surface area contributed by atoms with Crippen LogP contribution in [0.15, 0.2) is 48.5 Å². The number of hydrogen-bond acceptors (Lipinski definition) is 1. The second kappa shape index (κ2) is 6.74. The number of nitrogens with one attached hydrogen (secondary N) is 2. The van der Waals surface area contributed by atoms with Gasteiger partial charge in [0.25, 0.3) is 5.91 Å². The minimum absolute atomic E-state index is 0.0406. The molecule has 21 heavy (non-hydrogen) atoms. The zero-order valence-corrected chi connectivity index (χ0v) is 13.2. The van der Waals surface area contributed by atoms with Gasteiger partial charge in [-0.15, -0.1) is 0 Å². The number of aryl methyl sites for hydroxylation is 1. The zero-order valence-electron chi connectivity index (χ0n) is 12.5. The molecule has 110 valence electrons. The van der Waals surface area contributed by atoms with Crippen LogP contribution in [0.25, 0.3) is 0 Å². The van der Waals surface area contributed by atoms with Crippen LogP contribution in [0, 0.1) is 6.92 Å². The highest BCUT2D eigenvalue weighted by atomic mass is 35.5. The number of carbonyl (C=O) groups is 1. The van der Waals surface area contributed by atoms with E-state index < -0.39 is 0 Å². The molecule has 2 aromatic carbocycles. The van der Waals surface area contributed by atoms with E-state index in [2.05, 4.69) is 5.32 Å². The second-order valence-corrected chi connectivity index (χ2v) is 5.78. The van der Waals surface area contributed by atoms with Gasteiger partial charge in [0.2, 0.25) is 0 Å². The van der Waals surface area contributed by atoms with Crippen molar-refractivity contribution in [3.8, 4) is 0 Å². The van der Waals surface area contributed by atoms with E-state index in [4.69, 9.17) is 11.6 Å². The van der Waals surface area contributed by atoms with Crippen LogP contribution in [0.4, 0.5) is 5.69 Å². The summed E-state index contributed by atoms with van der Waals surface area (Å²) >= 11 is 6.10. The third-order valence-electron chi connectivity index (χ3n) is 3.41. The van der Waals surface area contributed by atoms with Crippen LogP contribution in [-0.2, 0) is 4.79 Å². The molecule has 3 nitrogen and oxygen atoms in total. The number of hydrogen-bond donors (Lipinski definition) is 2. The molecule has 2 N–H and O–H groups in total. The van der Waals surface area contributed by atoms with Crippen molar-refractivity contribution in [2.75, 3.05) is 19.4 Å². The smallest absolute Gasteiger partial charge is 0.287 e. The van der Waals surface area contributed by atoms with Gasteiger partial charge in [-0.1, -0.05) is 48.0 Å². The summed E-state index contributed by atoms with van der Waals surface area (Å²) in [5, 5.41) is 3.60. The maximum Gasteiger partial charge on any atom is 0.287 e. The number of amides is 1. The Kier molecular flexibility index (Phi) is 4.99. The third kappa shape index (κ3) is 3.84. The van der Waals surface area contributed by atoms with Gasteiger partial charge in [-0.2, -0.15) is 0 Å². The van der Waals surface area contributed by atoms with Gasteiger partial charge >= 0.3 is 0 Å². The fourth-order valence-electron chi connectivity index (χ4n) is 2.28. The van der Waals surface area contributed by atoms with Crippen LogP contribution >= 0.6 is 11.6 Å². The van der Waals surface area contributed by atoms with E-state index in [0.717, 1.165) is 21.7 Å². The van der Waals surface area contributed by atoms with Gasteiger partial charge in [0.15, 0.2) is 6.04 Å². The third-order valence-corrected chi connectivity index (χ3v) is 3.82. The predicted molar refractivity (Wildman–Crippen MR) is 86.8 cm³/mol. The zero-order chi connectivity index (χ0) is 15.4. The summed E-state index contributed by atoms with van der Waals surface area (Å²) < 4.78 is 0. The van der Waals surface area contributed by atoms with Gasteiger partial charge in [0.1, 0.15) is 0 Å². The molecule has 4 heteroatoms. The molecule has 2 rings (SSSR count). The predicted octanol–water partition coefficient (Wildman–Crippen LogP) is 2.47. The first kappa shape index (κ1) is 15.5. The summed E-state index contributed by atoms with van der Waals surface area (Å²) in [6.45, 7) is 1.94. The molecule has 0 spiro atoms. The number of benzene rings is 2. The molecule has 0 aliphatic rings. The first-order chi connectivity index (χ1) is 9.99. The molecule has 0 saturated heterocycles. The Morgan fingerprint density at radius 2 is 1.81 bits per heavy atom. The summed E-state index contributed by atoms with van der Waals surface area (Å²) in [6.07, 6.45) is 0. The molecule has 0 bridgehead atoms. The van der Waals surface area contributed by atoms with Gasteiger partial charge in [0.05, 0.1) is 14.1 Å². The lowest BCUT2D eigenvalue weighted by Crippen LogP contribution is -3.07. The molecule has 1 amide bonds. The van der Waals surface area contributed by atoms with Crippen LogP contribution in [-0.4, -0.2) is 20.0 Å². The van der Waals surface area contributed by atoms with Crippen LogP contribution in [0.1, 0.15) is 17.2 Å². The molecule has 0 aromatic heterocycles. The summed E-state index contributed by atoms with van der Waals surface area (Å²) in [6, 6.07) is 15.1. The van der Waals surface area contributed by atoms with E-state index in [-0.39, 0.29) is 11.9 Å². The molecule has 0 aliphatic heterocycles. The van der Waals surface area contributed by atoms with E-state index in [1.807, 2.05) is 63.5 Å². The van der Waals surface area contributed by atoms with Crippen LogP contribution in [0.2, 0.25) is 5.02 Å². The number of likely N-dealkylation sites (N-methyl/N-ethyl adjacent to an activating group) is 1. The quantitative estimate of drug-likeness (QED) is 0.894. The number of rotatable bonds is 4. The molecular formula is C17H20ClN2O+. The van der Waals surface area contributed by atoms with Crippen molar-refractivity contribution in [2.24, 2.45) is 0 Å². The Hall–Kier alpha value is -1.84. The fourth-order valence-corrected chi connectivity index (χ4v) is 2.46. The number of halogens is 1. The minimum Gasteiger partial charge on any atom is -0.326 e. The normalized spacial score (nSPS) is 12.2. The Morgan fingerprint density at radius 1 is 1.14 bits per heavy atom. The number of carbonyl (C=O) groups excluding carboxylic acids is 1. The molecule has 0 unspecified atom stereocenters. The van der Waals surface area contributed by atoms with Gasteiger partial charge in [-0.25, -0.2) is 0 Å². The summed E-state index contributed by atoms with van der Waals surface area (Å²) in [7, 11) is 3.94. The van der Waals surface area contributed by atoms with E-state index in [1.165, 1.54) is 0 Å². The highest BCUT2D eigenvalue weighted by Gasteiger charge is 2.26. The molecule has 0 fully saturated rings. The average molecular weight is 304 g/mol. The molecule has 1 atom stereocenters. The Balaban J connectivity index is 2.21. The van der Waals surface area contributed by atoms with Crippen LogP contribution < -0.4 is 10.2 Å². The van der Waals surface area contributed by atoms with Gasteiger partial charge in [-0.05, 0) is 24.6 Å². The minimum atomic E-state index is -0.258. The largest absolute Gasteiger partial charge is 0.326 e. The van der Waals surface area contributed by atoms with Crippen molar-refractivity contribution >= 4 is 23.2 Å². The Morgan fingerprint density at radius 3 is 2.38 bits per heavy atom. The van der Waals surface area contributed by atoms with Crippen molar-refractivity contribution < 1.29 is 9.69 Å². The van der Waals surface area contributed by atoms with Crippen molar-refractivity contribution in [3.05, 3.63) is 64.7 Å². The summed E-state index contributed by atoms with van der Waals surface area (Å²) in [5.41, 5.74) is 2.71. The van der Waals surface area contributed by atoms with Crippen LogP contribution in [0.5, 0.6) is 0 Å². The molecular weight excluding hydrogens is 284 g/mol.